The van der Waals surface area contributed by atoms with Crippen molar-refractivity contribution in [3.63, 3.8) is 0 Å². The van der Waals surface area contributed by atoms with E-state index in [1.807, 2.05) is 0 Å². The van der Waals surface area contributed by atoms with Gasteiger partial charge in [0.15, 0.2) is 0 Å². The van der Waals surface area contributed by atoms with E-state index in [-0.39, 0.29) is 0 Å². The molecule has 0 aromatic carbocycles. The van der Waals surface area contributed by atoms with Crippen molar-refractivity contribution in [2.24, 2.45) is 23.0 Å². The lowest BCUT2D eigenvalue weighted by molar-refractivity contribution is 0.0949. The molecule has 2 N–H and O–H groups in total. The van der Waals surface area contributed by atoms with Crippen LogP contribution in [0.15, 0.2) is 0 Å². The van der Waals surface area contributed by atoms with E-state index in [0.29, 0.717) is 5.41 Å². The monoisotopic (exact) mass is 224 g/mol. The minimum absolute atomic E-state index is 0.537. The summed E-state index contributed by atoms with van der Waals surface area (Å²) in [5.41, 5.74) is 6.40. The van der Waals surface area contributed by atoms with Crippen molar-refractivity contribution in [2.45, 2.75) is 46.0 Å². The number of nitrogens with two attached hydrogens (primary N) is 1. The number of nitrogens with zero attached hydrogens (tertiary/aromatic N) is 1. The SMILES string of the molecule is CC1(C)CCCN(CC2CCCC2CN)C1. The fraction of sp³-hybridized carbons (Fsp3) is 1.00. The van der Waals surface area contributed by atoms with E-state index in [4.69, 9.17) is 5.73 Å². The molecule has 16 heavy (non-hydrogen) atoms. The van der Waals surface area contributed by atoms with Crippen LogP contribution in [0.2, 0.25) is 0 Å². The van der Waals surface area contributed by atoms with Crippen molar-refractivity contribution in [1.82, 2.24) is 4.90 Å². The average Bonchev–Trinajstić information content (AvgIpc) is 2.63. The van der Waals surface area contributed by atoms with Crippen molar-refractivity contribution in [1.29, 1.82) is 0 Å². The molecule has 1 saturated heterocycles. The molecule has 0 aromatic rings. The molecular weight excluding hydrogens is 196 g/mol. The van der Waals surface area contributed by atoms with Crippen molar-refractivity contribution < 1.29 is 0 Å². The first-order valence-electron chi connectivity index (χ1n) is 7.03. The highest BCUT2D eigenvalue weighted by Gasteiger charge is 2.31. The summed E-state index contributed by atoms with van der Waals surface area (Å²) in [7, 11) is 0. The van der Waals surface area contributed by atoms with Gasteiger partial charge < -0.3 is 10.6 Å². The molecule has 2 heteroatoms. The van der Waals surface area contributed by atoms with Crippen LogP contribution in [-0.4, -0.2) is 31.1 Å². The molecule has 1 saturated carbocycles. The van der Waals surface area contributed by atoms with E-state index in [1.165, 1.54) is 51.7 Å². The molecule has 0 radical (unpaired) electrons. The first-order chi connectivity index (χ1) is 7.61. The van der Waals surface area contributed by atoms with Gasteiger partial charge in [-0.2, -0.15) is 0 Å². The maximum Gasteiger partial charge on any atom is 0.00328 e. The van der Waals surface area contributed by atoms with Crippen molar-refractivity contribution in [3.8, 4) is 0 Å². The van der Waals surface area contributed by atoms with Gasteiger partial charge in [-0.15, -0.1) is 0 Å². The molecule has 94 valence electrons. The highest BCUT2D eigenvalue weighted by atomic mass is 15.1. The van der Waals surface area contributed by atoms with E-state index in [1.54, 1.807) is 0 Å². The summed E-state index contributed by atoms with van der Waals surface area (Å²) in [5, 5.41) is 0. The number of piperidine rings is 1. The van der Waals surface area contributed by atoms with Gasteiger partial charge >= 0.3 is 0 Å². The number of hydrogen-bond acceptors (Lipinski definition) is 2. The van der Waals surface area contributed by atoms with Gasteiger partial charge in [-0.05, 0) is 56.0 Å². The minimum Gasteiger partial charge on any atom is -0.330 e. The Balaban J connectivity index is 1.84. The predicted octanol–water partition coefficient (Wildman–Crippen LogP) is 2.48. The average molecular weight is 224 g/mol. The molecular formula is C14H28N2. The molecule has 0 amide bonds. The van der Waals surface area contributed by atoms with E-state index < -0.39 is 0 Å². The largest absolute Gasteiger partial charge is 0.330 e. The van der Waals surface area contributed by atoms with Gasteiger partial charge in [-0.25, -0.2) is 0 Å². The van der Waals surface area contributed by atoms with Gasteiger partial charge in [0.25, 0.3) is 0 Å². The highest BCUT2D eigenvalue weighted by molar-refractivity contribution is 4.85. The van der Waals surface area contributed by atoms with Crippen LogP contribution in [0.3, 0.4) is 0 Å². The summed E-state index contributed by atoms with van der Waals surface area (Å²) >= 11 is 0. The quantitative estimate of drug-likeness (QED) is 0.798. The number of rotatable bonds is 3. The molecule has 1 aliphatic heterocycles. The molecule has 2 rings (SSSR count). The Labute approximate surface area is 101 Å². The van der Waals surface area contributed by atoms with Crippen molar-refractivity contribution >= 4 is 0 Å². The van der Waals surface area contributed by atoms with Crippen LogP contribution >= 0.6 is 0 Å². The van der Waals surface area contributed by atoms with Crippen molar-refractivity contribution in [2.75, 3.05) is 26.2 Å². The first kappa shape index (κ1) is 12.4. The summed E-state index contributed by atoms with van der Waals surface area (Å²) < 4.78 is 0. The lowest BCUT2D eigenvalue weighted by atomic mass is 9.83. The standard InChI is InChI=1S/C14H28N2/c1-14(2)7-4-8-16(11-14)10-13-6-3-5-12(13)9-15/h12-13H,3-11,15H2,1-2H3. The lowest BCUT2D eigenvalue weighted by Gasteiger charge is -2.39. The molecule has 0 spiro atoms. The first-order valence-corrected chi connectivity index (χ1v) is 7.03. The second-order valence-corrected chi connectivity index (χ2v) is 6.69. The molecule has 2 unspecified atom stereocenters. The Morgan fingerprint density at radius 1 is 1.19 bits per heavy atom. The second-order valence-electron chi connectivity index (χ2n) is 6.69. The van der Waals surface area contributed by atoms with Gasteiger partial charge in [0, 0.05) is 13.1 Å². The van der Waals surface area contributed by atoms with E-state index in [0.717, 1.165) is 18.4 Å². The molecule has 2 fully saturated rings. The topological polar surface area (TPSA) is 29.3 Å². The fourth-order valence-corrected chi connectivity index (χ4v) is 3.70. The summed E-state index contributed by atoms with van der Waals surface area (Å²) in [6.07, 6.45) is 6.97. The van der Waals surface area contributed by atoms with Gasteiger partial charge in [-0.1, -0.05) is 20.3 Å². The summed E-state index contributed by atoms with van der Waals surface area (Å²) in [6.45, 7) is 9.65. The van der Waals surface area contributed by atoms with Crippen molar-refractivity contribution in [3.05, 3.63) is 0 Å². The van der Waals surface area contributed by atoms with E-state index in [9.17, 15) is 0 Å². The highest BCUT2D eigenvalue weighted by Crippen LogP contribution is 2.34. The van der Waals surface area contributed by atoms with Crippen LogP contribution < -0.4 is 5.73 Å². The van der Waals surface area contributed by atoms with Gasteiger partial charge in [0.2, 0.25) is 0 Å². The van der Waals surface area contributed by atoms with E-state index in [2.05, 4.69) is 18.7 Å². The van der Waals surface area contributed by atoms with Gasteiger partial charge in [0.05, 0.1) is 0 Å². The fourth-order valence-electron chi connectivity index (χ4n) is 3.70. The summed E-state index contributed by atoms with van der Waals surface area (Å²) in [5.74, 6) is 1.70. The normalized spacial score (nSPS) is 35.4. The van der Waals surface area contributed by atoms with Gasteiger partial charge in [0.1, 0.15) is 0 Å². The summed E-state index contributed by atoms with van der Waals surface area (Å²) in [6, 6.07) is 0. The Kier molecular flexibility index (Phi) is 3.91. The number of hydrogen-bond donors (Lipinski definition) is 1. The maximum atomic E-state index is 5.86. The zero-order valence-electron chi connectivity index (χ0n) is 11.0. The molecule has 1 heterocycles. The number of likely N-dealkylation sites (tertiary alicyclic amines) is 1. The van der Waals surface area contributed by atoms with Crippen LogP contribution in [0, 0.1) is 17.3 Å². The van der Waals surface area contributed by atoms with Crippen LogP contribution in [0.25, 0.3) is 0 Å². The Morgan fingerprint density at radius 3 is 2.62 bits per heavy atom. The van der Waals surface area contributed by atoms with Crippen LogP contribution in [0.1, 0.15) is 46.0 Å². The third kappa shape index (κ3) is 2.98. The zero-order chi connectivity index (χ0) is 11.6. The third-order valence-electron chi connectivity index (χ3n) is 4.59. The summed E-state index contributed by atoms with van der Waals surface area (Å²) in [4.78, 5) is 2.70. The molecule has 1 aliphatic carbocycles. The molecule has 0 bridgehead atoms. The zero-order valence-corrected chi connectivity index (χ0v) is 11.0. The Morgan fingerprint density at radius 2 is 1.94 bits per heavy atom. The molecule has 2 nitrogen and oxygen atoms in total. The Bertz CT molecular complexity index is 225. The van der Waals surface area contributed by atoms with Crippen LogP contribution in [-0.2, 0) is 0 Å². The molecule has 0 aromatic heterocycles. The van der Waals surface area contributed by atoms with Crippen LogP contribution in [0.5, 0.6) is 0 Å². The molecule has 2 atom stereocenters. The Hall–Kier alpha value is -0.0800. The second kappa shape index (κ2) is 5.05. The van der Waals surface area contributed by atoms with Gasteiger partial charge in [-0.3, -0.25) is 0 Å². The maximum absolute atomic E-state index is 5.86. The minimum atomic E-state index is 0.537. The molecule has 2 aliphatic rings. The third-order valence-corrected chi connectivity index (χ3v) is 4.59. The lowest BCUT2D eigenvalue weighted by Crippen LogP contribution is -2.43. The van der Waals surface area contributed by atoms with Crippen LogP contribution in [0.4, 0.5) is 0 Å². The smallest absolute Gasteiger partial charge is 0.00328 e. The predicted molar refractivity (Wildman–Crippen MR) is 69.3 cm³/mol. The van der Waals surface area contributed by atoms with E-state index >= 15 is 0 Å².